The van der Waals surface area contributed by atoms with Crippen LogP contribution in [0.25, 0.3) is 0 Å². The van der Waals surface area contributed by atoms with E-state index < -0.39 is 0 Å². The van der Waals surface area contributed by atoms with Crippen molar-refractivity contribution in [1.29, 1.82) is 0 Å². The molecule has 2 rings (SSSR count). The second-order valence-electron chi connectivity index (χ2n) is 4.32. The molecule has 0 aliphatic carbocycles. The monoisotopic (exact) mass is 209 g/mol. The fraction of sp³-hybridized carbons (Fsp3) is 0.727. The van der Waals surface area contributed by atoms with Gasteiger partial charge in [-0.3, -0.25) is 5.10 Å². The van der Waals surface area contributed by atoms with Gasteiger partial charge in [0.1, 0.15) is 0 Å². The molecule has 4 nitrogen and oxygen atoms in total. The van der Waals surface area contributed by atoms with Gasteiger partial charge < -0.3 is 10.0 Å². The van der Waals surface area contributed by atoms with Gasteiger partial charge in [-0.15, -0.1) is 0 Å². The van der Waals surface area contributed by atoms with Crippen molar-refractivity contribution >= 4 is 0 Å². The van der Waals surface area contributed by atoms with E-state index in [4.69, 9.17) is 5.11 Å². The number of piperidine rings is 1. The van der Waals surface area contributed by atoms with Crippen LogP contribution in [0.4, 0.5) is 0 Å². The summed E-state index contributed by atoms with van der Waals surface area (Å²) in [4.78, 5) is 2.35. The fourth-order valence-electron chi connectivity index (χ4n) is 2.37. The lowest BCUT2D eigenvalue weighted by Gasteiger charge is -2.31. The Morgan fingerprint density at radius 1 is 1.60 bits per heavy atom. The molecular weight excluding hydrogens is 190 g/mol. The van der Waals surface area contributed by atoms with Crippen molar-refractivity contribution in [1.82, 2.24) is 15.1 Å². The number of nitrogens with one attached hydrogen (secondary N) is 1. The van der Waals surface area contributed by atoms with E-state index in [0.29, 0.717) is 5.92 Å². The smallest absolute Gasteiger partial charge is 0.0558 e. The van der Waals surface area contributed by atoms with Crippen molar-refractivity contribution in [2.45, 2.75) is 19.3 Å². The molecule has 0 spiro atoms. The van der Waals surface area contributed by atoms with Crippen molar-refractivity contribution in [3.05, 3.63) is 18.0 Å². The second-order valence-corrected chi connectivity index (χ2v) is 4.32. The van der Waals surface area contributed by atoms with Crippen LogP contribution < -0.4 is 0 Å². The molecule has 1 fully saturated rings. The van der Waals surface area contributed by atoms with Crippen LogP contribution in [0.1, 0.15) is 18.5 Å². The number of H-pyrrole nitrogens is 1. The summed E-state index contributed by atoms with van der Waals surface area (Å²) in [6.07, 6.45) is 5.44. The maximum atomic E-state index is 8.90. The number of likely N-dealkylation sites (tertiary alicyclic amines) is 1. The minimum Gasteiger partial charge on any atom is -0.395 e. The number of aliphatic hydroxyl groups excluding tert-OH is 1. The lowest BCUT2D eigenvalue weighted by molar-refractivity contribution is 0.139. The third-order valence-electron chi connectivity index (χ3n) is 3.09. The average Bonchev–Trinajstić information content (AvgIpc) is 2.71. The van der Waals surface area contributed by atoms with Crippen molar-refractivity contribution in [3.63, 3.8) is 0 Å². The van der Waals surface area contributed by atoms with Gasteiger partial charge in [0, 0.05) is 25.0 Å². The maximum Gasteiger partial charge on any atom is 0.0558 e. The molecule has 0 aromatic carbocycles. The standard InChI is InChI=1S/C11H19N3O/c15-7-6-14-5-1-2-10(9-14)8-11-3-4-12-13-11/h3-4,10,15H,1-2,5-9H2,(H,12,13). The molecule has 0 bridgehead atoms. The number of hydrogen-bond donors (Lipinski definition) is 2. The van der Waals surface area contributed by atoms with Crippen molar-refractivity contribution in [3.8, 4) is 0 Å². The summed E-state index contributed by atoms with van der Waals surface area (Å²) in [6.45, 7) is 3.34. The van der Waals surface area contributed by atoms with Crippen LogP contribution in [0.15, 0.2) is 12.3 Å². The number of nitrogens with zero attached hydrogens (tertiary/aromatic N) is 2. The Bertz CT molecular complexity index is 271. The average molecular weight is 209 g/mol. The molecule has 1 unspecified atom stereocenters. The zero-order valence-corrected chi connectivity index (χ0v) is 9.02. The van der Waals surface area contributed by atoms with Gasteiger partial charge in [-0.1, -0.05) is 0 Å². The van der Waals surface area contributed by atoms with Gasteiger partial charge in [0.25, 0.3) is 0 Å². The summed E-state index contributed by atoms with van der Waals surface area (Å²) in [5.74, 6) is 0.714. The molecule has 15 heavy (non-hydrogen) atoms. The number of aromatic amines is 1. The van der Waals surface area contributed by atoms with E-state index >= 15 is 0 Å². The van der Waals surface area contributed by atoms with E-state index in [1.165, 1.54) is 18.5 Å². The topological polar surface area (TPSA) is 52.1 Å². The summed E-state index contributed by atoms with van der Waals surface area (Å²) in [5, 5.41) is 15.9. The summed E-state index contributed by atoms with van der Waals surface area (Å²) in [6, 6.07) is 2.05. The zero-order valence-electron chi connectivity index (χ0n) is 9.02. The van der Waals surface area contributed by atoms with Gasteiger partial charge in [-0.2, -0.15) is 5.10 Å². The van der Waals surface area contributed by atoms with E-state index in [0.717, 1.165) is 26.1 Å². The van der Waals surface area contributed by atoms with E-state index in [1.807, 2.05) is 12.3 Å². The Morgan fingerprint density at radius 3 is 3.27 bits per heavy atom. The Balaban J connectivity index is 1.82. The molecule has 1 atom stereocenters. The highest BCUT2D eigenvalue weighted by Gasteiger charge is 2.19. The van der Waals surface area contributed by atoms with E-state index in [9.17, 15) is 0 Å². The highest BCUT2D eigenvalue weighted by atomic mass is 16.3. The van der Waals surface area contributed by atoms with Crippen LogP contribution in [-0.4, -0.2) is 46.4 Å². The van der Waals surface area contributed by atoms with Crippen LogP contribution in [0.3, 0.4) is 0 Å². The Morgan fingerprint density at radius 2 is 2.53 bits per heavy atom. The fourth-order valence-corrected chi connectivity index (χ4v) is 2.37. The Labute approximate surface area is 90.3 Å². The van der Waals surface area contributed by atoms with Crippen LogP contribution >= 0.6 is 0 Å². The molecule has 1 saturated heterocycles. The number of rotatable bonds is 4. The highest BCUT2D eigenvalue weighted by molar-refractivity contribution is 4.99. The van der Waals surface area contributed by atoms with E-state index in [2.05, 4.69) is 15.1 Å². The summed E-state index contributed by atoms with van der Waals surface area (Å²) in [7, 11) is 0. The van der Waals surface area contributed by atoms with Crippen LogP contribution in [0.5, 0.6) is 0 Å². The normalized spacial score (nSPS) is 23.1. The summed E-state index contributed by atoms with van der Waals surface area (Å²) in [5.41, 5.74) is 1.23. The molecule has 0 saturated carbocycles. The number of aliphatic hydroxyl groups is 1. The van der Waals surface area contributed by atoms with E-state index in [1.54, 1.807) is 0 Å². The molecule has 84 valence electrons. The quantitative estimate of drug-likeness (QED) is 0.766. The molecule has 1 aromatic heterocycles. The molecule has 4 heteroatoms. The predicted octanol–water partition coefficient (Wildman–Crippen LogP) is 0.656. The Hall–Kier alpha value is -0.870. The van der Waals surface area contributed by atoms with Gasteiger partial charge in [-0.25, -0.2) is 0 Å². The summed E-state index contributed by atoms with van der Waals surface area (Å²) >= 11 is 0. The first-order valence-corrected chi connectivity index (χ1v) is 5.70. The first-order chi connectivity index (χ1) is 7.38. The van der Waals surface area contributed by atoms with Crippen molar-refractivity contribution in [2.75, 3.05) is 26.2 Å². The lowest BCUT2D eigenvalue weighted by Crippen LogP contribution is -2.37. The Kier molecular flexibility index (Phi) is 3.75. The molecule has 1 aliphatic heterocycles. The van der Waals surface area contributed by atoms with Crippen molar-refractivity contribution < 1.29 is 5.11 Å². The van der Waals surface area contributed by atoms with Gasteiger partial charge >= 0.3 is 0 Å². The van der Waals surface area contributed by atoms with Crippen molar-refractivity contribution in [2.24, 2.45) is 5.92 Å². The maximum absolute atomic E-state index is 8.90. The van der Waals surface area contributed by atoms with Crippen LogP contribution in [0, 0.1) is 5.92 Å². The molecule has 2 heterocycles. The number of hydrogen-bond acceptors (Lipinski definition) is 3. The molecule has 0 amide bonds. The minimum atomic E-state index is 0.275. The van der Waals surface area contributed by atoms with E-state index in [-0.39, 0.29) is 6.61 Å². The molecule has 1 aromatic rings. The van der Waals surface area contributed by atoms with Crippen LogP contribution in [-0.2, 0) is 6.42 Å². The molecule has 1 aliphatic rings. The van der Waals surface area contributed by atoms with Crippen LogP contribution in [0.2, 0.25) is 0 Å². The minimum absolute atomic E-state index is 0.275. The third kappa shape index (κ3) is 3.04. The number of β-amino-alcohol motifs (C(OH)–C–C–N with tert-alkyl or cyclic N) is 1. The number of aromatic nitrogens is 2. The first kappa shape index (κ1) is 10.6. The zero-order chi connectivity index (χ0) is 10.5. The predicted molar refractivity (Wildman–Crippen MR) is 58.5 cm³/mol. The molecular formula is C11H19N3O. The van der Waals surface area contributed by atoms with Gasteiger partial charge in [0.05, 0.1) is 6.61 Å². The van der Waals surface area contributed by atoms with Gasteiger partial charge in [-0.05, 0) is 37.8 Å². The highest BCUT2D eigenvalue weighted by Crippen LogP contribution is 2.19. The largest absolute Gasteiger partial charge is 0.395 e. The second kappa shape index (κ2) is 5.28. The SMILES string of the molecule is OCCN1CCCC(Cc2ccn[nH]2)C1. The molecule has 0 radical (unpaired) electrons. The summed E-state index contributed by atoms with van der Waals surface area (Å²) < 4.78 is 0. The molecule has 2 N–H and O–H groups in total. The lowest BCUT2D eigenvalue weighted by atomic mass is 9.93. The van der Waals surface area contributed by atoms with Gasteiger partial charge in [0.15, 0.2) is 0 Å². The third-order valence-corrected chi connectivity index (χ3v) is 3.09. The van der Waals surface area contributed by atoms with Gasteiger partial charge in [0.2, 0.25) is 0 Å². The first-order valence-electron chi connectivity index (χ1n) is 5.70.